The summed E-state index contributed by atoms with van der Waals surface area (Å²) in [6.07, 6.45) is 2.46. The molecule has 1 aliphatic carbocycles. The molecule has 20 heavy (non-hydrogen) atoms. The van der Waals surface area contributed by atoms with Crippen molar-refractivity contribution in [3.63, 3.8) is 0 Å². The van der Waals surface area contributed by atoms with Crippen LogP contribution >= 0.6 is 0 Å². The number of methoxy groups -OCH3 is 1. The van der Waals surface area contributed by atoms with Crippen LogP contribution in [-0.2, 0) is 11.2 Å². The van der Waals surface area contributed by atoms with Gasteiger partial charge in [-0.3, -0.25) is 4.90 Å². The van der Waals surface area contributed by atoms with Crippen LogP contribution in [0.2, 0.25) is 0 Å². The summed E-state index contributed by atoms with van der Waals surface area (Å²) >= 11 is 0. The summed E-state index contributed by atoms with van der Waals surface area (Å²) in [7, 11) is 1.70. The second-order valence-corrected chi connectivity index (χ2v) is 5.76. The molecule has 1 aromatic rings. The monoisotopic (exact) mass is 276 g/mol. The molecule has 1 heterocycles. The zero-order valence-electron chi connectivity index (χ0n) is 12.3. The molecule has 3 atom stereocenters. The number of rotatable bonds is 3. The van der Waals surface area contributed by atoms with Crippen LogP contribution in [-0.4, -0.2) is 43.9 Å². The SMILES string of the molecule is CCC1CN(C2Cc3ccc(OC)cc3C2N)CCO1. The van der Waals surface area contributed by atoms with E-state index in [9.17, 15) is 0 Å². The highest BCUT2D eigenvalue weighted by Gasteiger charge is 2.36. The fourth-order valence-corrected chi connectivity index (χ4v) is 3.40. The van der Waals surface area contributed by atoms with Crippen LogP contribution in [0.4, 0.5) is 0 Å². The van der Waals surface area contributed by atoms with Crippen molar-refractivity contribution in [1.82, 2.24) is 4.90 Å². The number of hydrogen-bond donors (Lipinski definition) is 1. The second-order valence-electron chi connectivity index (χ2n) is 5.76. The van der Waals surface area contributed by atoms with Gasteiger partial charge in [0, 0.05) is 25.2 Å². The lowest BCUT2D eigenvalue weighted by molar-refractivity contribution is -0.0462. The standard InChI is InChI=1S/C16H24N2O2/c1-3-12-10-18(6-7-20-12)15-8-11-4-5-13(19-2)9-14(11)16(15)17/h4-5,9,12,15-16H,3,6-8,10,17H2,1-2H3. The third-order valence-electron chi connectivity index (χ3n) is 4.65. The number of nitrogens with zero attached hydrogens (tertiary/aromatic N) is 1. The van der Waals surface area contributed by atoms with Gasteiger partial charge in [-0.15, -0.1) is 0 Å². The molecule has 3 unspecified atom stereocenters. The number of benzene rings is 1. The molecule has 2 aliphatic rings. The lowest BCUT2D eigenvalue weighted by atomic mass is 10.1. The van der Waals surface area contributed by atoms with Crippen molar-refractivity contribution < 1.29 is 9.47 Å². The van der Waals surface area contributed by atoms with Crippen LogP contribution in [0.25, 0.3) is 0 Å². The molecular formula is C16H24N2O2. The van der Waals surface area contributed by atoms with E-state index in [0.717, 1.165) is 38.3 Å². The Morgan fingerprint density at radius 3 is 3.05 bits per heavy atom. The first-order chi connectivity index (χ1) is 9.72. The predicted octanol–water partition coefficient (Wildman–Crippen LogP) is 1.73. The summed E-state index contributed by atoms with van der Waals surface area (Å²) in [4.78, 5) is 2.51. The van der Waals surface area contributed by atoms with Crippen molar-refractivity contribution >= 4 is 0 Å². The highest BCUT2D eigenvalue weighted by molar-refractivity contribution is 5.42. The molecule has 0 bridgehead atoms. The van der Waals surface area contributed by atoms with Crippen LogP contribution in [0.5, 0.6) is 5.75 Å². The van der Waals surface area contributed by atoms with E-state index in [1.165, 1.54) is 11.1 Å². The fourth-order valence-electron chi connectivity index (χ4n) is 3.40. The van der Waals surface area contributed by atoms with Gasteiger partial charge in [-0.05, 0) is 36.1 Å². The Kier molecular flexibility index (Phi) is 3.96. The Morgan fingerprint density at radius 1 is 1.45 bits per heavy atom. The second kappa shape index (κ2) is 5.72. The summed E-state index contributed by atoms with van der Waals surface area (Å²) in [5.41, 5.74) is 9.10. The van der Waals surface area contributed by atoms with Gasteiger partial charge in [0.05, 0.1) is 19.8 Å². The molecule has 3 rings (SSSR count). The molecule has 110 valence electrons. The molecule has 0 amide bonds. The van der Waals surface area contributed by atoms with E-state index in [0.29, 0.717) is 12.1 Å². The zero-order valence-corrected chi connectivity index (χ0v) is 12.3. The third-order valence-corrected chi connectivity index (χ3v) is 4.65. The summed E-state index contributed by atoms with van der Waals surface area (Å²) in [5.74, 6) is 0.897. The molecule has 0 aromatic heterocycles. The minimum Gasteiger partial charge on any atom is -0.497 e. The highest BCUT2D eigenvalue weighted by atomic mass is 16.5. The van der Waals surface area contributed by atoms with Gasteiger partial charge in [0.25, 0.3) is 0 Å². The van der Waals surface area contributed by atoms with Crippen LogP contribution < -0.4 is 10.5 Å². The van der Waals surface area contributed by atoms with Crippen molar-refractivity contribution in [2.24, 2.45) is 5.73 Å². The smallest absolute Gasteiger partial charge is 0.119 e. The summed E-state index contributed by atoms with van der Waals surface area (Å²) < 4.78 is 11.1. The Morgan fingerprint density at radius 2 is 2.30 bits per heavy atom. The van der Waals surface area contributed by atoms with Gasteiger partial charge in [-0.2, -0.15) is 0 Å². The first-order valence-corrected chi connectivity index (χ1v) is 7.51. The molecule has 0 spiro atoms. The maximum Gasteiger partial charge on any atom is 0.119 e. The number of fused-ring (bicyclic) bond motifs is 1. The summed E-state index contributed by atoms with van der Waals surface area (Å²) in [6, 6.07) is 6.76. The molecular weight excluding hydrogens is 252 g/mol. The maximum atomic E-state index is 6.49. The van der Waals surface area contributed by atoms with Crippen molar-refractivity contribution in [2.75, 3.05) is 26.8 Å². The molecule has 4 nitrogen and oxygen atoms in total. The van der Waals surface area contributed by atoms with Crippen molar-refractivity contribution in [3.05, 3.63) is 29.3 Å². The summed E-state index contributed by atoms with van der Waals surface area (Å²) in [5, 5.41) is 0. The number of morpholine rings is 1. The van der Waals surface area contributed by atoms with E-state index in [4.69, 9.17) is 15.2 Å². The average Bonchev–Trinajstić information content (AvgIpc) is 2.84. The zero-order chi connectivity index (χ0) is 14.1. The van der Waals surface area contributed by atoms with Gasteiger partial charge >= 0.3 is 0 Å². The van der Waals surface area contributed by atoms with E-state index in [-0.39, 0.29) is 6.04 Å². The van der Waals surface area contributed by atoms with E-state index < -0.39 is 0 Å². The van der Waals surface area contributed by atoms with Crippen LogP contribution in [0.15, 0.2) is 18.2 Å². The van der Waals surface area contributed by atoms with E-state index in [2.05, 4.69) is 24.0 Å². The Bertz CT molecular complexity index is 478. The van der Waals surface area contributed by atoms with Crippen LogP contribution in [0.3, 0.4) is 0 Å². The molecule has 0 radical (unpaired) electrons. The first kappa shape index (κ1) is 13.9. The van der Waals surface area contributed by atoms with E-state index >= 15 is 0 Å². The minimum atomic E-state index is 0.0794. The van der Waals surface area contributed by atoms with Crippen molar-refractivity contribution in [2.45, 2.75) is 38.0 Å². The highest BCUT2D eigenvalue weighted by Crippen LogP contribution is 2.35. The fraction of sp³-hybridized carbons (Fsp3) is 0.625. The third kappa shape index (κ3) is 2.43. The largest absolute Gasteiger partial charge is 0.497 e. The first-order valence-electron chi connectivity index (χ1n) is 7.51. The Hall–Kier alpha value is -1.10. The Balaban J connectivity index is 1.77. The normalized spacial score (nSPS) is 30.2. The van der Waals surface area contributed by atoms with Crippen molar-refractivity contribution in [3.8, 4) is 5.75 Å². The number of hydrogen-bond acceptors (Lipinski definition) is 4. The molecule has 1 fully saturated rings. The number of nitrogens with two attached hydrogens (primary N) is 1. The van der Waals surface area contributed by atoms with Gasteiger partial charge in [-0.25, -0.2) is 0 Å². The average molecular weight is 276 g/mol. The predicted molar refractivity (Wildman–Crippen MR) is 79.0 cm³/mol. The summed E-state index contributed by atoms with van der Waals surface area (Å²) in [6.45, 7) is 4.99. The Labute approximate surface area is 120 Å². The molecule has 1 saturated heterocycles. The lowest BCUT2D eigenvalue weighted by Gasteiger charge is -2.38. The molecule has 1 aliphatic heterocycles. The van der Waals surface area contributed by atoms with Gasteiger partial charge < -0.3 is 15.2 Å². The quantitative estimate of drug-likeness (QED) is 0.913. The molecule has 1 aromatic carbocycles. The van der Waals surface area contributed by atoms with Gasteiger partial charge in [0.1, 0.15) is 5.75 Å². The lowest BCUT2D eigenvalue weighted by Crippen LogP contribution is -2.50. The van der Waals surface area contributed by atoms with Crippen LogP contribution in [0.1, 0.15) is 30.5 Å². The van der Waals surface area contributed by atoms with Crippen molar-refractivity contribution in [1.29, 1.82) is 0 Å². The van der Waals surface area contributed by atoms with E-state index in [1.807, 2.05) is 6.07 Å². The molecule has 2 N–H and O–H groups in total. The van der Waals surface area contributed by atoms with Gasteiger partial charge in [0.2, 0.25) is 0 Å². The number of ether oxygens (including phenoxy) is 2. The van der Waals surface area contributed by atoms with Gasteiger partial charge in [0.15, 0.2) is 0 Å². The molecule has 0 saturated carbocycles. The van der Waals surface area contributed by atoms with E-state index in [1.54, 1.807) is 7.11 Å². The van der Waals surface area contributed by atoms with Crippen LogP contribution in [0, 0.1) is 0 Å². The topological polar surface area (TPSA) is 47.7 Å². The minimum absolute atomic E-state index is 0.0794. The van der Waals surface area contributed by atoms with Gasteiger partial charge in [-0.1, -0.05) is 13.0 Å². The maximum absolute atomic E-state index is 6.49. The molecule has 4 heteroatoms.